The Kier molecular flexibility index (Phi) is 4.53. The van der Waals surface area contributed by atoms with Crippen molar-refractivity contribution in [1.29, 1.82) is 5.26 Å². The van der Waals surface area contributed by atoms with E-state index >= 15 is 0 Å². The Morgan fingerprint density at radius 2 is 2.32 bits per heavy atom. The predicted octanol–water partition coefficient (Wildman–Crippen LogP) is 0.595. The first-order valence-electron chi connectivity index (χ1n) is 6.54. The number of esters is 1. The van der Waals surface area contributed by atoms with E-state index in [1.807, 2.05) is 19.9 Å². The average molecular weight is 301 g/mol. The molecule has 0 aliphatic rings. The van der Waals surface area contributed by atoms with E-state index < -0.39 is 5.97 Å². The number of nitrogens with one attached hydrogen (secondary N) is 1. The molecule has 0 amide bonds. The van der Waals surface area contributed by atoms with E-state index in [-0.39, 0.29) is 12.2 Å². The molecular formula is C13H15N7O2. The van der Waals surface area contributed by atoms with Crippen molar-refractivity contribution in [2.45, 2.75) is 20.8 Å². The quantitative estimate of drug-likeness (QED) is 0.489. The lowest BCUT2D eigenvalue weighted by Crippen LogP contribution is -2.17. The van der Waals surface area contributed by atoms with Crippen LogP contribution in [0.15, 0.2) is 24.2 Å². The summed E-state index contributed by atoms with van der Waals surface area (Å²) in [7, 11) is 0. The number of ether oxygens (including phenoxy) is 1. The number of aryl methyl sites for hydroxylation is 2. The number of aromatic nitrogens is 5. The molecule has 9 nitrogen and oxygen atoms in total. The van der Waals surface area contributed by atoms with Gasteiger partial charge in [0.25, 0.3) is 5.95 Å². The van der Waals surface area contributed by atoms with Gasteiger partial charge in [-0.15, -0.1) is 10.2 Å². The molecular weight excluding hydrogens is 286 g/mol. The number of hydrogen-bond donors (Lipinski definition) is 1. The minimum Gasteiger partial charge on any atom is -0.462 e. The molecule has 0 fully saturated rings. The highest BCUT2D eigenvalue weighted by molar-refractivity contribution is 5.92. The molecule has 0 bridgehead atoms. The molecule has 0 aliphatic carbocycles. The topological polar surface area (TPSA) is 111 Å². The molecule has 2 heterocycles. The molecule has 114 valence electrons. The van der Waals surface area contributed by atoms with Gasteiger partial charge in [0.05, 0.1) is 12.3 Å². The molecule has 22 heavy (non-hydrogen) atoms. The van der Waals surface area contributed by atoms with Crippen LogP contribution in [-0.4, -0.2) is 37.2 Å². The van der Waals surface area contributed by atoms with Gasteiger partial charge >= 0.3 is 5.97 Å². The summed E-state index contributed by atoms with van der Waals surface area (Å²) >= 11 is 0. The SMILES string of the molecule is CCOC(=O)/C(C#N)=C/Nn1cnnc1-n1nc(C)cc1C. The maximum atomic E-state index is 11.5. The lowest BCUT2D eigenvalue weighted by molar-refractivity contribution is -0.138. The van der Waals surface area contributed by atoms with Gasteiger partial charge in [-0.2, -0.15) is 10.4 Å². The van der Waals surface area contributed by atoms with Crippen molar-refractivity contribution >= 4 is 5.97 Å². The summed E-state index contributed by atoms with van der Waals surface area (Å²) in [6, 6.07) is 3.67. The van der Waals surface area contributed by atoms with Crippen molar-refractivity contribution in [1.82, 2.24) is 24.7 Å². The first kappa shape index (κ1) is 15.2. The molecule has 0 radical (unpaired) electrons. The third kappa shape index (κ3) is 3.12. The van der Waals surface area contributed by atoms with E-state index in [1.165, 1.54) is 17.2 Å². The normalized spacial score (nSPS) is 11.1. The van der Waals surface area contributed by atoms with Gasteiger partial charge in [0.15, 0.2) is 5.57 Å². The summed E-state index contributed by atoms with van der Waals surface area (Å²) in [4.78, 5) is 11.5. The number of rotatable bonds is 5. The Hall–Kier alpha value is -3.15. The maximum absolute atomic E-state index is 11.5. The van der Waals surface area contributed by atoms with Crippen molar-refractivity contribution in [2.24, 2.45) is 0 Å². The van der Waals surface area contributed by atoms with Gasteiger partial charge in [-0.1, -0.05) is 0 Å². The number of nitrogens with zero attached hydrogens (tertiary/aromatic N) is 6. The van der Waals surface area contributed by atoms with Crippen molar-refractivity contribution in [3.05, 3.63) is 35.6 Å². The zero-order valence-corrected chi connectivity index (χ0v) is 12.4. The molecule has 0 aromatic carbocycles. The van der Waals surface area contributed by atoms with Gasteiger partial charge in [-0.05, 0) is 26.8 Å². The fraction of sp³-hybridized carbons (Fsp3) is 0.308. The van der Waals surface area contributed by atoms with Crippen molar-refractivity contribution in [3.8, 4) is 12.0 Å². The molecule has 0 saturated heterocycles. The van der Waals surface area contributed by atoms with Gasteiger partial charge in [0.2, 0.25) is 0 Å². The number of hydrogen-bond acceptors (Lipinski definition) is 7. The number of carbonyl (C=O) groups excluding carboxylic acids is 1. The lowest BCUT2D eigenvalue weighted by atomic mass is 10.3. The minimum atomic E-state index is -0.696. The van der Waals surface area contributed by atoms with Gasteiger partial charge in [-0.25, -0.2) is 14.2 Å². The molecule has 0 aliphatic heterocycles. The van der Waals surface area contributed by atoms with Gasteiger partial charge < -0.3 is 4.74 Å². The van der Waals surface area contributed by atoms with Crippen LogP contribution in [0.2, 0.25) is 0 Å². The summed E-state index contributed by atoms with van der Waals surface area (Å²) in [5, 5.41) is 21.0. The molecule has 2 aromatic heterocycles. The van der Waals surface area contributed by atoms with Crippen molar-refractivity contribution in [3.63, 3.8) is 0 Å². The van der Waals surface area contributed by atoms with Gasteiger partial charge in [-0.3, -0.25) is 5.43 Å². The fourth-order valence-corrected chi connectivity index (χ4v) is 1.78. The van der Waals surface area contributed by atoms with E-state index in [4.69, 9.17) is 10.00 Å². The zero-order valence-electron chi connectivity index (χ0n) is 12.4. The number of carbonyl (C=O) groups is 1. The van der Waals surface area contributed by atoms with E-state index in [1.54, 1.807) is 17.7 Å². The van der Waals surface area contributed by atoms with Crippen LogP contribution < -0.4 is 5.43 Å². The summed E-state index contributed by atoms with van der Waals surface area (Å²) in [6.45, 7) is 5.61. The van der Waals surface area contributed by atoms with Crippen LogP contribution in [0.4, 0.5) is 0 Å². The summed E-state index contributed by atoms with van der Waals surface area (Å²) in [5.74, 6) is -0.291. The average Bonchev–Trinajstić information content (AvgIpc) is 3.05. The van der Waals surface area contributed by atoms with Gasteiger partial charge in [0, 0.05) is 11.9 Å². The van der Waals surface area contributed by atoms with Crippen LogP contribution in [0.3, 0.4) is 0 Å². The molecule has 0 spiro atoms. The molecule has 0 saturated carbocycles. The van der Waals surface area contributed by atoms with Crippen molar-refractivity contribution in [2.75, 3.05) is 12.0 Å². The van der Waals surface area contributed by atoms with Crippen LogP contribution in [0, 0.1) is 25.2 Å². The first-order chi connectivity index (χ1) is 10.6. The second kappa shape index (κ2) is 6.53. The van der Waals surface area contributed by atoms with E-state index in [2.05, 4.69) is 20.7 Å². The highest BCUT2D eigenvalue weighted by Gasteiger charge is 2.12. The second-order valence-electron chi connectivity index (χ2n) is 4.36. The summed E-state index contributed by atoms with van der Waals surface area (Å²) in [5.41, 5.74) is 4.32. The van der Waals surface area contributed by atoms with Crippen LogP contribution >= 0.6 is 0 Å². The highest BCUT2D eigenvalue weighted by Crippen LogP contribution is 2.08. The van der Waals surface area contributed by atoms with E-state index in [0.29, 0.717) is 5.95 Å². The Morgan fingerprint density at radius 1 is 1.55 bits per heavy atom. The third-order valence-electron chi connectivity index (χ3n) is 2.69. The van der Waals surface area contributed by atoms with E-state index in [9.17, 15) is 4.79 Å². The highest BCUT2D eigenvalue weighted by atomic mass is 16.5. The van der Waals surface area contributed by atoms with Crippen LogP contribution in [0.25, 0.3) is 5.95 Å². The predicted molar refractivity (Wildman–Crippen MR) is 76.3 cm³/mol. The second-order valence-corrected chi connectivity index (χ2v) is 4.36. The maximum Gasteiger partial charge on any atom is 0.350 e. The van der Waals surface area contributed by atoms with Crippen LogP contribution in [0.5, 0.6) is 0 Å². The summed E-state index contributed by atoms with van der Waals surface area (Å²) in [6.07, 6.45) is 2.64. The Morgan fingerprint density at radius 3 is 2.91 bits per heavy atom. The molecule has 9 heteroatoms. The monoisotopic (exact) mass is 301 g/mol. The molecule has 0 atom stereocenters. The molecule has 0 unspecified atom stereocenters. The first-order valence-corrected chi connectivity index (χ1v) is 6.54. The molecule has 1 N–H and O–H groups in total. The van der Waals surface area contributed by atoms with Crippen LogP contribution in [0.1, 0.15) is 18.3 Å². The Bertz CT molecular complexity index is 751. The summed E-state index contributed by atoms with van der Waals surface area (Å²) < 4.78 is 7.81. The van der Waals surface area contributed by atoms with Crippen LogP contribution in [-0.2, 0) is 9.53 Å². The van der Waals surface area contributed by atoms with Gasteiger partial charge in [0.1, 0.15) is 12.4 Å². The molecule has 2 aromatic rings. The number of nitriles is 1. The van der Waals surface area contributed by atoms with Crippen molar-refractivity contribution < 1.29 is 9.53 Å². The lowest BCUT2D eigenvalue weighted by Gasteiger charge is -2.07. The Labute approximate surface area is 126 Å². The standard InChI is InChI=1S/C13H15N7O2/c1-4-22-12(21)11(6-14)7-16-19-8-15-17-13(19)20-10(3)5-9(2)18-20/h5,7-8,16H,4H2,1-3H3/b11-7+. The Balaban J connectivity index is 2.25. The third-order valence-corrected chi connectivity index (χ3v) is 2.69. The molecule has 2 rings (SSSR count). The minimum absolute atomic E-state index is 0.158. The van der Waals surface area contributed by atoms with E-state index in [0.717, 1.165) is 11.4 Å². The smallest absolute Gasteiger partial charge is 0.350 e. The fourth-order valence-electron chi connectivity index (χ4n) is 1.78. The zero-order chi connectivity index (χ0) is 16.1. The largest absolute Gasteiger partial charge is 0.462 e.